The summed E-state index contributed by atoms with van der Waals surface area (Å²) < 4.78 is 5.31. The van der Waals surface area contributed by atoms with Crippen molar-refractivity contribution in [2.45, 2.75) is 51.3 Å². The Hall–Kier alpha value is -1.03. The Kier molecular flexibility index (Phi) is 3.43. The molecule has 1 aliphatic heterocycles. The smallest absolute Gasteiger partial charge is 0.410 e. The second kappa shape index (κ2) is 4.69. The van der Waals surface area contributed by atoms with Crippen molar-refractivity contribution in [1.82, 2.24) is 10.2 Å². The van der Waals surface area contributed by atoms with Crippen molar-refractivity contribution in [2.24, 2.45) is 0 Å². The molecule has 0 unspecified atom stereocenters. The van der Waals surface area contributed by atoms with Crippen LogP contribution in [0.3, 0.4) is 0 Å². The highest BCUT2D eigenvalue weighted by Crippen LogP contribution is 2.17. The molecule has 0 aromatic rings. The van der Waals surface area contributed by atoms with Crippen LogP contribution in [-0.2, 0) is 4.74 Å². The predicted molar refractivity (Wildman–Crippen MR) is 66.9 cm³/mol. The fraction of sp³-hybridized carbons (Fsp3) is 0.769. The van der Waals surface area contributed by atoms with Gasteiger partial charge in [-0.25, -0.2) is 4.79 Å². The van der Waals surface area contributed by atoms with Crippen molar-refractivity contribution in [2.75, 3.05) is 13.1 Å². The second-order valence-corrected chi connectivity index (χ2v) is 5.89. The van der Waals surface area contributed by atoms with Crippen LogP contribution in [0.2, 0.25) is 0 Å². The third-order valence-corrected chi connectivity index (χ3v) is 3.01. The van der Waals surface area contributed by atoms with Crippen molar-refractivity contribution >= 4 is 6.09 Å². The third kappa shape index (κ3) is 3.46. The van der Waals surface area contributed by atoms with Crippen LogP contribution in [0.15, 0.2) is 12.2 Å². The summed E-state index contributed by atoms with van der Waals surface area (Å²) >= 11 is 0. The molecule has 0 atom stereocenters. The Bertz CT molecular complexity index is 306. The first-order chi connectivity index (χ1) is 7.94. The summed E-state index contributed by atoms with van der Waals surface area (Å²) in [5, 5.41) is 3.55. The molecule has 1 aliphatic carbocycles. The maximum Gasteiger partial charge on any atom is 0.410 e. The Morgan fingerprint density at radius 2 is 1.82 bits per heavy atom. The van der Waals surface area contributed by atoms with Crippen molar-refractivity contribution < 1.29 is 9.53 Å². The van der Waals surface area contributed by atoms with Gasteiger partial charge in [-0.2, -0.15) is 0 Å². The fourth-order valence-corrected chi connectivity index (χ4v) is 2.15. The molecule has 0 spiro atoms. The van der Waals surface area contributed by atoms with Crippen LogP contribution in [0, 0.1) is 0 Å². The topological polar surface area (TPSA) is 41.6 Å². The van der Waals surface area contributed by atoms with Crippen LogP contribution in [0.5, 0.6) is 0 Å². The molecule has 96 valence electrons. The zero-order valence-corrected chi connectivity index (χ0v) is 10.9. The van der Waals surface area contributed by atoms with Crippen molar-refractivity contribution in [3.63, 3.8) is 0 Å². The van der Waals surface area contributed by atoms with Gasteiger partial charge < -0.3 is 15.0 Å². The third-order valence-electron chi connectivity index (χ3n) is 3.01. The maximum atomic E-state index is 11.7. The summed E-state index contributed by atoms with van der Waals surface area (Å²) in [7, 11) is 0. The van der Waals surface area contributed by atoms with E-state index in [4.69, 9.17) is 4.74 Å². The summed E-state index contributed by atoms with van der Waals surface area (Å²) in [6, 6.07) is 1.01. The second-order valence-electron chi connectivity index (χ2n) is 5.89. The molecule has 0 aromatic heterocycles. The molecular formula is C13H22N2O2. The Labute approximate surface area is 103 Å². The van der Waals surface area contributed by atoms with Crippen LogP contribution in [0.25, 0.3) is 0 Å². The van der Waals surface area contributed by atoms with Crippen LogP contribution in [0.1, 0.15) is 33.6 Å². The highest BCUT2D eigenvalue weighted by Gasteiger charge is 2.34. The number of ether oxygens (including phenoxy) is 1. The molecule has 2 aliphatic rings. The highest BCUT2D eigenvalue weighted by molar-refractivity contribution is 5.69. The van der Waals surface area contributed by atoms with E-state index in [9.17, 15) is 4.79 Å². The molecule has 17 heavy (non-hydrogen) atoms. The van der Waals surface area contributed by atoms with E-state index in [1.807, 2.05) is 20.8 Å². The summed E-state index contributed by atoms with van der Waals surface area (Å²) in [5.41, 5.74) is -0.398. The Morgan fingerprint density at radius 1 is 1.24 bits per heavy atom. The van der Waals surface area contributed by atoms with Crippen LogP contribution in [0.4, 0.5) is 4.79 Å². The molecular weight excluding hydrogens is 216 g/mol. The molecule has 4 heteroatoms. The molecule has 2 rings (SSSR count). The van der Waals surface area contributed by atoms with Gasteiger partial charge in [0.2, 0.25) is 0 Å². The van der Waals surface area contributed by atoms with Gasteiger partial charge in [0.05, 0.1) is 0 Å². The molecule has 1 amide bonds. The van der Waals surface area contributed by atoms with Crippen molar-refractivity contribution in [1.29, 1.82) is 0 Å². The van der Waals surface area contributed by atoms with Gasteiger partial charge in [0.1, 0.15) is 5.60 Å². The van der Waals surface area contributed by atoms with Gasteiger partial charge in [-0.1, -0.05) is 12.2 Å². The predicted octanol–water partition coefficient (Wildman–Crippen LogP) is 1.91. The van der Waals surface area contributed by atoms with E-state index in [0.717, 1.165) is 25.9 Å². The molecule has 0 aromatic carbocycles. The zero-order chi connectivity index (χ0) is 12.5. The first kappa shape index (κ1) is 12.4. The molecule has 4 nitrogen and oxygen atoms in total. The number of nitrogens with zero attached hydrogens (tertiary/aromatic N) is 1. The van der Waals surface area contributed by atoms with Gasteiger partial charge in [-0.05, 0) is 33.6 Å². The van der Waals surface area contributed by atoms with E-state index in [2.05, 4.69) is 17.5 Å². The quantitative estimate of drug-likeness (QED) is 0.747. The van der Waals surface area contributed by atoms with E-state index in [0.29, 0.717) is 12.1 Å². The number of hydrogen-bond donors (Lipinski definition) is 1. The van der Waals surface area contributed by atoms with Gasteiger partial charge in [-0.15, -0.1) is 0 Å². The van der Waals surface area contributed by atoms with E-state index < -0.39 is 5.60 Å². The largest absolute Gasteiger partial charge is 0.444 e. The van der Waals surface area contributed by atoms with E-state index in [1.165, 1.54) is 0 Å². The van der Waals surface area contributed by atoms with Gasteiger partial charge in [0, 0.05) is 25.2 Å². The Balaban J connectivity index is 1.66. The monoisotopic (exact) mass is 238 g/mol. The van der Waals surface area contributed by atoms with E-state index in [-0.39, 0.29) is 6.09 Å². The van der Waals surface area contributed by atoms with Gasteiger partial charge in [-0.3, -0.25) is 0 Å². The normalized spacial score (nSPS) is 21.7. The molecule has 1 fully saturated rings. The minimum atomic E-state index is -0.398. The number of likely N-dealkylation sites (tertiary alicyclic amines) is 1. The average Bonchev–Trinajstić information content (AvgIpc) is 2.59. The molecule has 0 radical (unpaired) electrons. The molecule has 1 saturated heterocycles. The van der Waals surface area contributed by atoms with Crippen LogP contribution in [-0.4, -0.2) is 41.8 Å². The number of carbonyl (C=O) groups is 1. The summed E-state index contributed by atoms with van der Waals surface area (Å²) in [5.74, 6) is 0. The summed E-state index contributed by atoms with van der Waals surface area (Å²) in [6.45, 7) is 7.22. The number of carbonyl (C=O) groups excluding carboxylic acids is 1. The van der Waals surface area contributed by atoms with Crippen LogP contribution >= 0.6 is 0 Å². The first-order valence-electron chi connectivity index (χ1n) is 6.33. The van der Waals surface area contributed by atoms with Gasteiger partial charge >= 0.3 is 6.09 Å². The van der Waals surface area contributed by atoms with Crippen LogP contribution < -0.4 is 5.32 Å². The minimum Gasteiger partial charge on any atom is -0.444 e. The van der Waals surface area contributed by atoms with E-state index >= 15 is 0 Å². The minimum absolute atomic E-state index is 0.194. The molecule has 1 heterocycles. The SMILES string of the molecule is CC(C)(C)OC(=O)N1CC(NC2CC=CC2)C1. The van der Waals surface area contributed by atoms with E-state index in [1.54, 1.807) is 4.90 Å². The lowest BCUT2D eigenvalue weighted by Gasteiger charge is -2.41. The lowest BCUT2D eigenvalue weighted by atomic mass is 10.1. The molecule has 0 bridgehead atoms. The van der Waals surface area contributed by atoms with Gasteiger partial charge in [0.15, 0.2) is 0 Å². The molecule has 0 saturated carbocycles. The number of hydrogen-bond acceptors (Lipinski definition) is 3. The highest BCUT2D eigenvalue weighted by atomic mass is 16.6. The number of rotatable bonds is 2. The van der Waals surface area contributed by atoms with Crippen molar-refractivity contribution in [3.05, 3.63) is 12.2 Å². The zero-order valence-electron chi connectivity index (χ0n) is 10.9. The number of amides is 1. The Morgan fingerprint density at radius 3 is 2.35 bits per heavy atom. The van der Waals surface area contributed by atoms with Gasteiger partial charge in [0.25, 0.3) is 0 Å². The first-order valence-corrected chi connectivity index (χ1v) is 6.33. The maximum absolute atomic E-state index is 11.7. The fourth-order valence-electron chi connectivity index (χ4n) is 2.15. The average molecular weight is 238 g/mol. The standard InChI is InChI=1S/C13H22N2O2/c1-13(2,3)17-12(16)15-8-11(9-15)14-10-6-4-5-7-10/h4-5,10-11,14H,6-9H2,1-3H3. The van der Waals surface area contributed by atoms with Crippen molar-refractivity contribution in [3.8, 4) is 0 Å². The summed E-state index contributed by atoms with van der Waals surface area (Å²) in [4.78, 5) is 13.4. The number of nitrogens with one attached hydrogen (secondary N) is 1. The summed E-state index contributed by atoms with van der Waals surface area (Å²) in [6.07, 6.45) is 6.45. The lowest BCUT2D eigenvalue weighted by Crippen LogP contribution is -2.62. The molecule has 1 N–H and O–H groups in total. The lowest BCUT2D eigenvalue weighted by molar-refractivity contribution is 0.00430.